The molecule has 2 aromatic heterocycles. The Morgan fingerprint density at radius 3 is 2.63 bits per heavy atom. The second-order valence-electron chi connectivity index (χ2n) is 8.55. The van der Waals surface area contributed by atoms with Gasteiger partial charge in [-0.25, -0.2) is 23.1 Å². The first kappa shape index (κ1) is 22.8. The Morgan fingerprint density at radius 1 is 1.11 bits per heavy atom. The average molecular weight is 480 g/mol. The van der Waals surface area contributed by atoms with Crippen LogP contribution in [-0.2, 0) is 7.05 Å². The van der Waals surface area contributed by atoms with E-state index in [0.717, 1.165) is 17.3 Å². The molecule has 4 heterocycles. The van der Waals surface area contributed by atoms with Gasteiger partial charge < -0.3 is 14.8 Å². The fraction of sp³-hybridized carbons (Fsp3) is 0.280. The summed E-state index contributed by atoms with van der Waals surface area (Å²) in [5, 5.41) is 3.20. The molecule has 0 radical (unpaired) electrons. The number of halogens is 3. The minimum Gasteiger partial charge on any atom is -0.363 e. The highest BCUT2D eigenvalue weighted by Gasteiger charge is 2.32. The molecule has 1 N–H and O–H groups in total. The first-order valence-electron chi connectivity index (χ1n) is 11.2. The van der Waals surface area contributed by atoms with Crippen molar-refractivity contribution in [1.29, 1.82) is 0 Å². The Bertz CT molecular complexity index is 1450. The van der Waals surface area contributed by atoms with E-state index in [1.54, 1.807) is 33.2 Å². The number of alkyl halides is 2. The topological polar surface area (TPSA) is 75.4 Å². The average Bonchev–Trinajstić information content (AvgIpc) is 3.31. The minimum atomic E-state index is -2.91. The third-order valence-corrected chi connectivity index (χ3v) is 6.18. The van der Waals surface area contributed by atoms with Crippen LogP contribution in [-0.4, -0.2) is 38.4 Å². The molecular formula is C25H23F3N6O. The van der Waals surface area contributed by atoms with E-state index in [1.807, 2.05) is 11.0 Å². The molecule has 2 aliphatic heterocycles. The van der Waals surface area contributed by atoms with Crippen LogP contribution in [0.4, 0.5) is 19.0 Å². The van der Waals surface area contributed by atoms with E-state index in [9.17, 15) is 18.0 Å². The van der Waals surface area contributed by atoms with Gasteiger partial charge in [0.2, 0.25) is 5.56 Å². The van der Waals surface area contributed by atoms with Crippen LogP contribution in [0.2, 0.25) is 0 Å². The van der Waals surface area contributed by atoms with Crippen LogP contribution in [0.5, 0.6) is 0 Å². The number of hydrogen-bond acceptors (Lipinski definition) is 6. The molecule has 5 rings (SSSR count). The number of aliphatic imine (C=N–C) groups is 1. The number of aromatic nitrogens is 3. The Kier molecular flexibility index (Phi) is 5.66. The van der Waals surface area contributed by atoms with E-state index in [1.165, 1.54) is 22.8 Å². The summed E-state index contributed by atoms with van der Waals surface area (Å²) in [6, 6.07) is 6.59. The van der Waals surface area contributed by atoms with E-state index in [-0.39, 0.29) is 11.1 Å². The van der Waals surface area contributed by atoms with Gasteiger partial charge in [-0.2, -0.15) is 0 Å². The van der Waals surface area contributed by atoms with Gasteiger partial charge in [0.25, 0.3) is 6.43 Å². The molecule has 1 aromatic carbocycles. The first-order valence-corrected chi connectivity index (χ1v) is 11.2. The van der Waals surface area contributed by atoms with E-state index < -0.39 is 23.8 Å². The third kappa shape index (κ3) is 3.98. The molecule has 0 spiro atoms. The largest absolute Gasteiger partial charge is 0.363 e. The van der Waals surface area contributed by atoms with Gasteiger partial charge in [0.05, 0.1) is 23.8 Å². The number of fused-ring (bicyclic) bond motifs is 3. The van der Waals surface area contributed by atoms with Crippen molar-refractivity contribution in [2.75, 3.05) is 18.4 Å². The minimum absolute atomic E-state index is 0.116. The molecule has 10 heteroatoms. The second-order valence-corrected chi connectivity index (χ2v) is 8.55. The van der Waals surface area contributed by atoms with Gasteiger partial charge in [0.15, 0.2) is 5.84 Å². The number of hydrogen-bond donors (Lipinski definition) is 1. The summed E-state index contributed by atoms with van der Waals surface area (Å²) in [6.07, 6.45) is 0.764. The molecule has 180 valence electrons. The summed E-state index contributed by atoms with van der Waals surface area (Å²) in [5.41, 5.74) is 2.31. The van der Waals surface area contributed by atoms with Crippen molar-refractivity contribution in [3.05, 3.63) is 86.5 Å². The van der Waals surface area contributed by atoms with Crippen molar-refractivity contribution >= 4 is 23.4 Å². The normalized spacial score (nSPS) is 15.5. The third-order valence-electron chi connectivity index (χ3n) is 6.18. The van der Waals surface area contributed by atoms with Crippen molar-refractivity contribution in [3.8, 4) is 0 Å². The number of amidine groups is 1. The summed E-state index contributed by atoms with van der Waals surface area (Å²) < 4.78 is 42.8. The highest BCUT2D eigenvalue weighted by Crippen LogP contribution is 2.36. The number of rotatable bonds is 5. The van der Waals surface area contributed by atoms with Gasteiger partial charge in [-0.05, 0) is 26.0 Å². The fourth-order valence-electron chi connectivity index (χ4n) is 4.44. The highest BCUT2D eigenvalue weighted by molar-refractivity contribution is 6.12. The van der Waals surface area contributed by atoms with Crippen LogP contribution in [0.25, 0.3) is 11.8 Å². The molecule has 2 aliphatic rings. The van der Waals surface area contributed by atoms with E-state index in [0.29, 0.717) is 41.8 Å². The highest BCUT2D eigenvalue weighted by atomic mass is 19.3. The maximum atomic E-state index is 14.8. The van der Waals surface area contributed by atoms with Crippen LogP contribution in [0.3, 0.4) is 0 Å². The molecule has 0 bridgehead atoms. The lowest BCUT2D eigenvalue weighted by Gasteiger charge is -2.30. The lowest BCUT2D eigenvalue weighted by atomic mass is 10.0. The van der Waals surface area contributed by atoms with Crippen LogP contribution >= 0.6 is 0 Å². The SMILES string of the molecule is Cc1nc(NC(C)c2cccc(C(F)F)c2F)c2c(n1)C1=NCCN1C(c1ccc(=O)n(C)c1)=C2. The van der Waals surface area contributed by atoms with Crippen LogP contribution in [0.1, 0.15) is 53.2 Å². The molecule has 0 saturated heterocycles. The van der Waals surface area contributed by atoms with E-state index in [4.69, 9.17) is 0 Å². The van der Waals surface area contributed by atoms with Gasteiger partial charge in [-0.3, -0.25) is 9.79 Å². The predicted octanol–water partition coefficient (Wildman–Crippen LogP) is 4.31. The maximum Gasteiger partial charge on any atom is 0.266 e. The fourth-order valence-corrected chi connectivity index (χ4v) is 4.44. The van der Waals surface area contributed by atoms with Crippen molar-refractivity contribution in [2.24, 2.45) is 12.0 Å². The number of pyridine rings is 1. The van der Waals surface area contributed by atoms with Crippen molar-refractivity contribution in [3.63, 3.8) is 0 Å². The first-order chi connectivity index (χ1) is 16.7. The van der Waals surface area contributed by atoms with E-state index in [2.05, 4.69) is 20.3 Å². The quantitative estimate of drug-likeness (QED) is 0.589. The van der Waals surface area contributed by atoms with Gasteiger partial charge in [0, 0.05) is 42.5 Å². The van der Waals surface area contributed by atoms with Crippen molar-refractivity contribution < 1.29 is 13.2 Å². The Labute approximate surface area is 199 Å². The molecule has 0 fully saturated rings. The summed E-state index contributed by atoms with van der Waals surface area (Å²) in [5.74, 6) is 0.695. The number of nitrogens with zero attached hydrogens (tertiary/aromatic N) is 5. The molecule has 1 unspecified atom stereocenters. The lowest BCUT2D eigenvalue weighted by molar-refractivity contribution is 0.146. The smallest absolute Gasteiger partial charge is 0.266 e. The monoisotopic (exact) mass is 480 g/mol. The molecular weight excluding hydrogens is 457 g/mol. The van der Waals surface area contributed by atoms with E-state index >= 15 is 0 Å². The summed E-state index contributed by atoms with van der Waals surface area (Å²) >= 11 is 0. The maximum absolute atomic E-state index is 14.8. The molecule has 1 atom stereocenters. The van der Waals surface area contributed by atoms with Crippen LogP contribution in [0, 0.1) is 12.7 Å². The van der Waals surface area contributed by atoms with Crippen LogP contribution in [0.15, 0.2) is 46.3 Å². The molecule has 0 aliphatic carbocycles. The van der Waals surface area contributed by atoms with Crippen LogP contribution < -0.4 is 10.9 Å². The summed E-state index contributed by atoms with van der Waals surface area (Å²) in [4.78, 5) is 27.8. The number of aryl methyl sites for hydroxylation is 2. The Morgan fingerprint density at radius 2 is 1.89 bits per heavy atom. The standard InChI is InChI=1S/C25H23F3N6O/c1-13(16-5-4-6-17(21(16)26)23(27)28)30-24-18-11-19(15-7-8-20(35)33(3)12-15)34-10-9-29-25(34)22(18)31-14(2)32-24/h4-8,11-13,23H,9-10H2,1-3H3,(H,30,31,32). The Balaban J connectivity index is 1.61. The molecule has 3 aromatic rings. The molecule has 0 saturated carbocycles. The molecule has 7 nitrogen and oxygen atoms in total. The zero-order valence-corrected chi connectivity index (χ0v) is 19.4. The van der Waals surface area contributed by atoms with Gasteiger partial charge in [-0.15, -0.1) is 0 Å². The summed E-state index contributed by atoms with van der Waals surface area (Å²) in [7, 11) is 1.69. The molecule has 0 amide bonds. The van der Waals surface area contributed by atoms with Gasteiger partial charge in [0.1, 0.15) is 23.2 Å². The number of nitrogens with one attached hydrogen (secondary N) is 1. The van der Waals surface area contributed by atoms with Crippen molar-refractivity contribution in [1.82, 2.24) is 19.4 Å². The summed E-state index contributed by atoms with van der Waals surface area (Å²) in [6.45, 7) is 4.69. The van der Waals surface area contributed by atoms with Crippen molar-refractivity contribution in [2.45, 2.75) is 26.3 Å². The van der Waals surface area contributed by atoms with Gasteiger partial charge in [-0.1, -0.05) is 18.2 Å². The zero-order valence-electron chi connectivity index (χ0n) is 19.4. The number of anilines is 1. The molecule has 35 heavy (non-hydrogen) atoms. The number of benzene rings is 1. The predicted molar refractivity (Wildman–Crippen MR) is 128 cm³/mol. The lowest BCUT2D eigenvalue weighted by Crippen LogP contribution is -2.32. The second kappa shape index (κ2) is 8.68. The Hall–Kier alpha value is -3.95. The zero-order chi connectivity index (χ0) is 24.9. The van der Waals surface area contributed by atoms with Gasteiger partial charge >= 0.3 is 0 Å².